The van der Waals surface area contributed by atoms with Crippen molar-refractivity contribution < 1.29 is 9.53 Å². The van der Waals surface area contributed by atoms with E-state index in [0.29, 0.717) is 12.3 Å². The fourth-order valence-electron chi connectivity index (χ4n) is 1.05. The van der Waals surface area contributed by atoms with Gasteiger partial charge in [0.1, 0.15) is 10.4 Å². The highest BCUT2D eigenvalue weighted by Crippen LogP contribution is 2.12. The van der Waals surface area contributed by atoms with Gasteiger partial charge < -0.3 is 10.1 Å². The van der Waals surface area contributed by atoms with Crippen LogP contribution in [0.25, 0.3) is 0 Å². The number of aromatic nitrogens is 1. The largest absolute Gasteiger partial charge is 0.482 e. The Morgan fingerprint density at radius 1 is 1.56 bits per heavy atom. The average molecular weight is 287 g/mol. The Morgan fingerprint density at radius 3 is 3.00 bits per heavy atom. The Bertz CT molecular complexity index is 327. The molecule has 1 heterocycles. The third-order valence-corrected chi connectivity index (χ3v) is 2.39. The van der Waals surface area contributed by atoms with Crippen LogP contribution in [0.4, 0.5) is 0 Å². The van der Waals surface area contributed by atoms with Crippen LogP contribution in [0.15, 0.2) is 22.9 Å². The number of carbonyl (C=O) groups is 1. The molecule has 1 N–H and O–H groups in total. The van der Waals surface area contributed by atoms with Crippen molar-refractivity contribution in [1.29, 1.82) is 0 Å². The number of pyridine rings is 1. The fraction of sp³-hybridized carbons (Fsp3) is 0.455. The molecule has 16 heavy (non-hydrogen) atoms. The number of nitrogens with zero attached hydrogens (tertiary/aromatic N) is 1. The van der Waals surface area contributed by atoms with Crippen LogP contribution in [0, 0.1) is 0 Å². The van der Waals surface area contributed by atoms with Gasteiger partial charge in [-0.2, -0.15) is 0 Å². The molecule has 88 valence electrons. The average Bonchev–Trinajstić information content (AvgIpc) is 2.29. The van der Waals surface area contributed by atoms with Crippen molar-refractivity contribution >= 4 is 21.8 Å². The van der Waals surface area contributed by atoms with Gasteiger partial charge in [-0.05, 0) is 34.5 Å². The van der Waals surface area contributed by atoms with Crippen molar-refractivity contribution in [3.63, 3.8) is 0 Å². The van der Waals surface area contributed by atoms with Gasteiger partial charge in [-0.3, -0.25) is 4.79 Å². The summed E-state index contributed by atoms with van der Waals surface area (Å²) in [5.41, 5.74) is 0. The van der Waals surface area contributed by atoms with Gasteiger partial charge >= 0.3 is 0 Å². The first-order valence-electron chi connectivity index (χ1n) is 5.23. The van der Waals surface area contributed by atoms with Crippen molar-refractivity contribution in [2.75, 3.05) is 13.2 Å². The summed E-state index contributed by atoms with van der Waals surface area (Å²) in [4.78, 5) is 15.3. The number of halogens is 1. The summed E-state index contributed by atoms with van der Waals surface area (Å²) in [6.45, 7) is 2.82. The molecule has 0 aliphatic heterocycles. The van der Waals surface area contributed by atoms with Crippen molar-refractivity contribution in [3.05, 3.63) is 22.9 Å². The van der Waals surface area contributed by atoms with Gasteiger partial charge in [-0.15, -0.1) is 0 Å². The maximum atomic E-state index is 11.3. The number of carbonyl (C=O) groups excluding carboxylic acids is 1. The van der Waals surface area contributed by atoms with Crippen LogP contribution in [-0.4, -0.2) is 24.0 Å². The molecule has 0 unspecified atom stereocenters. The first-order valence-corrected chi connectivity index (χ1v) is 6.02. The molecular formula is C11H15BrN2O2. The smallest absolute Gasteiger partial charge is 0.257 e. The van der Waals surface area contributed by atoms with Crippen LogP contribution in [0.3, 0.4) is 0 Å². The van der Waals surface area contributed by atoms with E-state index < -0.39 is 0 Å². The quantitative estimate of drug-likeness (QED) is 0.644. The van der Waals surface area contributed by atoms with Gasteiger partial charge in [0.05, 0.1) is 6.20 Å². The predicted octanol–water partition coefficient (Wildman–Crippen LogP) is 2.14. The highest BCUT2D eigenvalue weighted by molar-refractivity contribution is 9.10. The van der Waals surface area contributed by atoms with Crippen molar-refractivity contribution in [2.24, 2.45) is 0 Å². The maximum absolute atomic E-state index is 11.3. The minimum atomic E-state index is -0.101. The second-order valence-electron chi connectivity index (χ2n) is 3.31. The van der Waals surface area contributed by atoms with Gasteiger partial charge in [0.2, 0.25) is 0 Å². The lowest BCUT2D eigenvalue weighted by Gasteiger charge is -2.06. The van der Waals surface area contributed by atoms with E-state index >= 15 is 0 Å². The number of unbranched alkanes of at least 4 members (excludes halogenated alkanes) is 1. The number of hydrogen-bond donors (Lipinski definition) is 1. The Hall–Kier alpha value is -1.10. The van der Waals surface area contributed by atoms with Crippen LogP contribution in [0.1, 0.15) is 19.8 Å². The van der Waals surface area contributed by atoms with Gasteiger partial charge in [-0.25, -0.2) is 4.98 Å². The number of rotatable bonds is 6. The molecule has 0 fully saturated rings. The van der Waals surface area contributed by atoms with E-state index in [9.17, 15) is 4.79 Å². The van der Waals surface area contributed by atoms with Crippen LogP contribution in [0.2, 0.25) is 0 Å². The van der Waals surface area contributed by atoms with Crippen LogP contribution >= 0.6 is 15.9 Å². The molecule has 5 heteroatoms. The zero-order valence-corrected chi connectivity index (χ0v) is 10.8. The Labute approximate surface area is 104 Å². The summed E-state index contributed by atoms with van der Waals surface area (Å²) >= 11 is 3.22. The first kappa shape index (κ1) is 13.0. The lowest BCUT2D eigenvalue weighted by atomic mass is 10.3. The minimum Gasteiger partial charge on any atom is -0.482 e. The molecule has 1 aromatic heterocycles. The van der Waals surface area contributed by atoms with E-state index in [1.54, 1.807) is 18.3 Å². The molecule has 1 rings (SSSR count). The number of amides is 1. The van der Waals surface area contributed by atoms with E-state index in [0.717, 1.165) is 17.4 Å². The van der Waals surface area contributed by atoms with E-state index in [2.05, 4.69) is 33.2 Å². The molecule has 4 nitrogen and oxygen atoms in total. The van der Waals surface area contributed by atoms with Crippen molar-refractivity contribution in [3.8, 4) is 5.75 Å². The molecule has 0 aromatic carbocycles. The first-order chi connectivity index (χ1) is 7.72. The summed E-state index contributed by atoms with van der Waals surface area (Å²) < 4.78 is 6.00. The zero-order valence-electron chi connectivity index (χ0n) is 9.20. The second-order valence-corrected chi connectivity index (χ2v) is 4.12. The standard InChI is InChI=1S/C11H15BrN2O2/c1-2-3-6-13-11(15)8-16-9-4-5-10(12)14-7-9/h4-5,7H,2-3,6,8H2,1H3,(H,13,15). The van der Waals surface area contributed by atoms with Gasteiger partial charge in [0.25, 0.3) is 5.91 Å². The molecule has 1 aromatic rings. The fourth-order valence-corrected chi connectivity index (χ4v) is 1.29. The molecule has 1 amide bonds. The molecule has 0 saturated carbocycles. The normalized spacial score (nSPS) is 9.88. The summed E-state index contributed by atoms with van der Waals surface area (Å²) in [7, 11) is 0. The topological polar surface area (TPSA) is 51.2 Å². The molecule has 0 spiro atoms. The van der Waals surface area contributed by atoms with E-state index in [-0.39, 0.29) is 12.5 Å². The molecule has 0 atom stereocenters. The van der Waals surface area contributed by atoms with E-state index in [1.807, 2.05) is 0 Å². The lowest BCUT2D eigenvalue weighted by Crippen LogP contribution is -2.29. The predicted molar refractivity (Wildman–Crippen MR) is 65.3 cm³/mol. The van der Waals surface area contributed by atoms with Crippen molar-refractivity contribution in [2.45, 2.75) is 19.8 Å². The van der Waals surface area contributed by atoms with Crippen LogP contribution in [0.5, 0.6) is 5.75 Å². The molecule has 0 bridgehead atoms. The van der Waals surface area contributed by atoms with E-state index in [4.69, 9.17) is 4.74 Å². The molecular weight excluding hydrogens is 272 g/mol. The second kappa shape index (κ2) is 7.22. The molecule has 0 aliphatic rings. The maximum Gasteiger partial charge on any atom is 0.257 e. The highest BCUT2D eigenvalue weighted by Gasteiger charge is 2.01. The zero-order chi connectivity index (χ0) is 11.8. The van der Waals surface area contributed by atoms with E-state index in [1.165, 1.54) is 0 Å². The van der Waals surface area contributed by atoms with Gasteiger partial charge in [0, 0.05) is 6.54 Å². The lowest BCUT2D eigenvalue weighted by molar-refractivity contribution is -0.123. The highest BCUT2D eigenvalue weighted by atomic mass is 79.9. The van der Waals surface area contributed by atoms with Gasteiger partial charge in [-0.1, -0.05) is 13.3 Å². The van der Waals surface area contributed by atoms with Crippen LogP contribution in [-0.2, 0) is 4.79 Å². The summed E-state index contributed by atoms with van der Waals surface area (Å²) in [5, 5.41) is 2.77. The Morgan fingerprint density at radius 2 is 2.38 bits per heavy atom. The number of ether oxygens (including phenoxy) is 1. The third kappa shape index (κ3) is 5.11. The van der Waals surface area contributed by atoms with Gasteiger partial charge in [0.15, 0.2) is 6.61 Å². The summed E-state index contributed by atoms with van der Waals surface area (Å²) in [6.07, 6.45) is 3.63. The number of hydrogen-bond acceptors (Lipinski definition) is 3. The Balaban J connectivity index is 2.23. The molecule has 0 radical (unpaired) electrons. The number of nitrogens with one attached hydrogen (secondary N) is 1. The SMILES string of the molecule is CCCCNC(=O)COc1ccc(Br)nc1. The Kier molecular flexibility index (Phi) is 5.85. The third-order valence-electron chi connectivity index (χ3n) is 1.92. The molecule has 0 aliphatic carbocycles. The summed E-state index contributed by atoms with van der Waals surface area (Å²) in [5.74, 6) is 0.491. The summed E-state index contributed by atoms with van der Waals surface area (Å²) in [6, 6.07) is 3.53. The molecule has 0 saturated heterocycles. The van der Waals surface area contributed by atoms with Crippen LogP contribution < -0.4 is 10.1 Å². The van der Waals surface area contributed by atoms with Crippen molar-refractivity contribution in [1.82, 2.24) is 10.3 Å². The minimum absolute atomic E-state index is 0.0347. The monoisotopic (exact) mass is 286 g/mol.